The molecule has 0 aliphatic rings. The largest absolute Gasteiger partial charge is 0.481 e. The average Bonchev–Trinajstić information content (AvgIpc) is 2.03. The SMILES string of the molecule is O=C(O)CCc1cc#ccc1. The quantitative estimate of drug-likeness (QED) is 0.701. The van der Waals surface area contributed by atoms with Crippen molar-refractivity contribution in [3.05, 3.63) is 35.9 Å². The molecule has 0 radical (unpaired) electrons. The number of carboxylic acid groups (broad SMARTS) is 1. The number of rotatable bonds is 3. The van der Waals surface area contributed by atoms with E-state index in [-0.39, 0.29) is 6.42 Å². The van der Waals surface area contributed by atoms with Gasteiger partial charge in [-0.1, -0.05) is 12.1 Å². The Labute approximate surface area is 65.5 Å². The molecular weight excluding hydrogens is 140 g/mol. The highest BCUT2D eigenvalue weighted by molar-refractivity contribution is 5.67. The molecule has 0 aliphatic carbocycles. The van der Waals surface area contributed by atoms with Crippen LogP contribution in [0, 0.1) is 12.1 Å². The van der Waals surface area contributed by atoms with Gasteiger partial charge in [0.2, 0.25) is 0 Å². The van der Waals surface area contributed by atoms with Crippen molar-refractivity contribution in [1.29, 1.82) is 0 Å². The van der Waals surface area contributed by atoms with Gasteiger partial charge in [-0.25, -0.2) is 0 Å². The van der Waals surface area contributed by atoms with E-state index in [0.29, 0.717) is 6.42 Å². The highest BCUT2D eigenvalue weighted by Gasteiger charge is 1.96. The fourth-order valence-electron chi connectivity index (χ4n) is 0.786. The van der Waals surface area contributed by atoms with Crippen LogP contribution in [0.3, 0.4) is 0 Å². The normalized spacial score (nSPS) is 8.73. The lowest BCUT2D eigenvalue weighted by molar-refractivity contribution is -0.136. The number of hydrogen-bond donors (Lipinski definition) is 1. The molecule has 0 saturated carbocycles. The first kappa shape index (κ1) is 7.62. The van der Waals surface area contributed by atoms with E-state index in [1.54, 1.807) is 12.1 Å². The van der Waals surface area contributed by atoms with Crippen molar-refractivity contribution < 1.29 is 9.90 Å². The minimum absolute atomic E-state index is 0.178. The topological polar surface area (TPSA) is 37.3 Å². The van der Waals surface area contributed by atoms with Crippen molar-refractivity contribution in [2.24, 2.45) is 0 Å². The zero-order valence-corrected chi connectivity index (χ0v) is 6.00. The zero-order valence-electron chi connectivity index (χ0n) is 6.00. The van der Waals surface area contributed by atoms with E-state index in [1.807, 2.05) is 6.07 Å². The van der Waals surface area contributed by atoms with Gasteiger partial charge in [0.25, 0.3) is 0 Å². The van der Waals surface area contributed by atoms with Crippen LogP contribution in [0.2, 0.25) is 0 Å². The van der Waals surface area contributed by atoms with Crippen LogP contribution in [0.1, 0.15) is 12.0 Å². The molecule has 0 amide bonds. The summed E-state index contributed by atoms with van der Waals surface area (Å²) in [5.41, 5.74) is 0.992. The zero-order chi connectivity index (χ0) is 8.10. The van der Waals surface area contributed by atoms with E-state index in [2.05, 4.69) is 12.1 Å². The molecule has 2 heteroatoms. The van der Waals surface area contributed by atoms with Crippen LogP contribution in [-0.4, -0.2) is 11.1 Å². The summed E-state index contributed by atoms with van der Waals surface area (Å²) in [6, 6.07) is 10.8. The number of aryl methyl sites for hydroxylation is 1. The fraction of sp³-hybridized carbons (Fsp3) is 0.222. The van der Waals surface area contributed by atoms with Gasteiger partial charge >= 0.3 is 5.97 Å². The first-order chi connectivity index (χ1) is 5.29. The molecule has 0 bridgehead atoms. The Morgan fingerprint density at radius 2 is 2.36 bits per heavy atom. The number of carbonyl (C=O) groups is 1. The highest BCUT2D eigenvalue weighted by atomic mass is 16.4. The third kappa shape index (κ3) is 2.72. The van der Waals surface area contributed by atoms with Gasteiger partial charge < -0.3 is 5.11 Å². The third-order valence-corrected chi connectivity index (χ3v) is 1.35. The second kappa shape index (κ2) is 3.62. The molecule has 0 fully saturated rings. The standard InChI is InChI=1S/C9H8O2/c10-9(11)7-6-8-4-2-1-3-5-8/h2,4-5H,6-7H2,(H,10,11). The van der Waals surface area contributed by atoms with E-state index in [1.165, 1.54) is 0 Å². The summed E-state index contributed by atoms with van der Waals surface area (Å²) in [4.78, 5) is 10.2. The Hall–Kier alpha value is -1.49. The van der Waals surface area contributed by atoms with Crippen LogP contribution in [0.25, 0.3) is 0 Å². The average molecular weight is 148 g/mol. The van der Waals surface area contributed by atoms with Crippen LogP contribution in [0.5, 0.6) is 0 Å². The van der Waals surface area contributed by atoms with Crippen LogP contribution < -0.4 is 0 Å². The minimum Gasteiger partial charge on any atom is -0.481 e. The predicted molar refractivity (Wildman–Crippen MR) is 40.1 cm³/mol. The Morgan fingerprint density at radius 3 is 2.91 bits per heavy atom. The molecular formula is C9H8O2. The maximum atomic E-state index is 10.2. The molecule has 11 heavy (non-hydrogen) atoms. The van der Waals surface area contributed by atoms with E-state index >= 15 is 0 Å². The molecule has 0 saturated heterocycles. The van der Waals surface area contributed by atoms with E-state index in [0.717, 1.165) is 5.56 Å². The molecule has 1 aromatic rings. The van der Waals surface area contributed by atoms with Crippen molar-refractivity contribution in [2.75, 3.05) is 0 Å². The maximum absolute atomic E-state index is 10.2. The third-order valence-electron chi connectivity index (χ3n) is 1.35. The predicted octanol–water partition coefficient (Wildman–Crippen LogP) is 1.30. The van der Waals surface area contributed by atoms with Crippen LogP contribution in [0.15, 0.2) is 18.2 Å². The minimum atomic E-state index is -0.766. The van der Waals surface area contributed by atoms with Crippen molar-refractivity contribution in [2.45, 2.75) is 12.8 Å². The summed E-state index contributed by atoms with van der Waals surface area (Å²) < 4.78 is 0. The monoisotopic (exact) mass is 148 g/mol. The fourth-order valence-corrected chi connectivity index (χ4v) is 0.786. The second-order valence-corrected chi connectivity index (χ2v) is 2.23. The summed E-state index contributed by atoms with van der Waals surface area (Å²) in [6.45, 7) is 0. The Bertz CT molecular complexity index is 229. The Morgan fingerprint density at radius 1 is 1.55 bits per heavy atom. The number of aliphatic carboxylic acids is 1. The lowest BCUT2D eigenvalue weighted by atomic mass is 10.1. The van der Waals surface area contributed by atoms with Crippen LogP contribution in [-0.2, 0) is 11.2 Å². The molecule has 56 valence electrons. The lowest BCUT2D eigenvalue weighted by Crippen LogP contribution is -1.96. The molecule has 1 N–H and O–H groups in total. The van der Waals surface area contributed by atoms with Crippen LogP contribution >= 0.6 is 0 Å². The van der Waals surface area contributed by atoms with Gasteiger partial charge in [0, 0.05) is 6.42 Å². The van der Waals surface area contributed by atoms with Crippen molar-refractivity contribution in [3.63, 3.8) is 0 Å². The smallest absolute Gasteiger partial charge is 0.303 e. The van der Waals surface area contributed by atoms with Gasteiger partial charge in [-0.15, -0.1) is 0 Å². The van der Waals surface area contributed by atoms with E-state index in [4.69, 9.17) is 5.11 Å². The van der Waals surface area contributed by atoms with Gasteiger partial charge in [0.1, 0.15) is 0 Å². The Kier molecular flexibility index (Phi) is 2.51. The molecule has 1 aromatic carbocycles. The summed E-state index contributed by atoms with van der Waals surface area (Å²) in [5, 5.41) is 8.36. The Balaban J connectivity index is 2.45. The summed E-state index contributed by atoms with van der Waals surface area (Å²) in [5.74, 6) is -0.766. The van der Waals surface area contributed by atoms with Crippen molar-refractivity contribution in [1.82, 2.24) is 0 Å². The first-order valence-corrected chi connectivity index (χ1v) is 3.37. The molecule has 0 spiro atoms. The van der Waals surface area contributed by atoms with Gasteiger partial charge in [-0.2, -0.15) is 0 Å². The molecule has 0 unspecified atom stereocenters. The van der Waals surface area contributed by atoms with Crippen molar-refractivity contribution >= 4 is 5.97 Å². The van der Waals surface area contributed by atoms with Gasteiger partial charge in [-0.05, 0) is 30.2 Å². The summed E-state index contributed by atoms with van der Waals surface area (Å²) >= 11 is 0. The van der Waals surface area contributed by atoms with E-state index in [9.17, 15) is 4.79 Å². The summed E-state index contributed by atoms with van der Waals surface area (Å²) in [7, 11) is 0. The molecule has 2 nitrogen and oxygen atoms in total. The van der Waals surface area contributed by atoms with Gasteiger partial charge in [-0.3, -0.25) is 4.79 Å². The lowest BCUT2D eigenvalue weighted by Gasteiger charge is -1.93. The van der Waals surface area contributed by atoms with Crippen LogP contribution in [0.4, 0.5) is 0 Å². The molecule has 0 heterocycles. The molecule has 0 aliphatic heterocycles. The van der Waals surface area contributed by atoms with Crippen molar-refractivity contribution in [3.8, 4) is 0 Å². The number of hydrogen-bond acceptors (Lipinski definition) is 1. The molecule has 1 rings (SSSR count). The molecule has 0 aromatic heterocycles. The second-order valence-electron chi connectivity index (χ2n) is 2.23. The van der Waals surface area contributed by atoms with Gasteiger partial charge in [0.15, 0.2) is 0 Å². The number of carboxylic acids is 1. The molecule has 0 atom stereocenters. The first-order valence-electron chi connectivity index (χ1n) is 3.37. The maximum Gasteiger partial charge on any atom is 0.303 e. The van der Waals surface area contributed by atoms with Gasteiger partial charge in [0.05, 0.1) is 0 Å². The van der Waals surface area contributed by atoms with E-state index < -0.39 is 5.97 Å². The summed E-state index contributed by atoms with van der Waals surface area (Å²) in [6.07, 6.45) is 0.748. The highest BCUT2D eigenvalue weighted by Crippen LogP contribution is 1.98.